The van der Waals surface area contributed by atoms with Gasteiger partial charge in [0, 0.05) is 11.9 Å². The quantitative estimate of drug-likeness (QED) is 0.725. The zero-order valence-corrected chi connectivity index (χ0v) is 11.0. The van der Waals surface area contributed by atoms with Gasteiger partial charge in [0.1, 0.15) is 0 Å². The van der Waals surface area contributed by atoms with Crippen molar-refractivity contribution >= 4 is 21.7 Å². The van der Waals surface area contributed by atoms with Gasteiger partial charge in [0.25, 0.3) is 6.43 Å². The van der Waals surface area contributed by atoms with Crippen molar-refractivity contribution < 1.29 is 13.5 Å². The van der Waals surface area contributed by atoms with Gasteiger partial charge < -0.3 is 9.64 Å². The Hall–Kier alpha value is -0.980. The molecule has 1 aromatic rings. The predicted molar refractivity (Wildman–Crippen MR) is 65.2 cm³/mol. The summed E-state index contributed by atoms with van der Waals surface area (Å²) in [5.41, 5.74) is 0. The molecule has 0 N–H and O–H groups in total. The van der Waals surface area contributed by atoms with Crippen molar-refractivity contribution in [2.24, 2.45) is 0 Å². The Balaban J connectivity index is 2.81. The van der Waals surface area contributed by atoms with Crippen LogP contribution in [0.4, 0.5) is 14.6 Å². The normalized spacial score (nSPS) is 10.6. The maximum absolute atomic E-state index is 12.4. The van der Waals surface area contributed by atoms with Crippen LogP contribution in [-0.2, 0) is 0 Å². The molecule has 96 valence electrons. The van der Waals surface area contributed by atoms with Gasteiger partial charge in [0.15, 0.2) is 5.82 Å². The molecular formula is C10H14BrF2N3O. The van der Waals surface area contributed by atoms with Crippen molar-refractivity contribution in [3.8, 4) is 5.88 Å². The maximum Gasteiger partial charge on any atom is 0.255 e. The Kier molecular flexibility index (Phi) is 6.10. The topological polar surface area (TPSA) is 38.2 Å². The second-order valence-electron chi connectivity index (χ2n) is 3.17. The number of ether oxygens (including phenoxy) is 1. The van der Waals surface area contributed by atoms with Crippen LogP contribution in [0.25, 0.3) is 0 Å². The monoisotopic (exact) mass is 309 g/mol. The van der Waals surface area contributed by atoms with Crippen LogP contribution in [0, 0.1) is 0 Å². The van der Waals surface area contributed by atoms with E-state index < -0.39 is 6.43 Å². The van der Waals surface area contributed by atoms with Gasteiger partial charge in [-0.05, 0) is 6.92 Å². The third kappa shape index (κ3) is 4.80. The van der Waals surface area contributed by atoms with Gasteiger partial charge in [-0.2, -0.15) is 4.98 Å². The van der Waals surface area contributed by atoms with Gasteiger partial charge in [-0.25, -0.2) is 8.78 Å². The van der Waals surface area contributed by atoms with E-state index in [0.29, 0.717) is 30.2 Å². The molecule has 1 heterocycles. The molecule has 0 amide bonds. The van der Waals surface area contributed by atoms with Crippen molar-refractivity contribution in [2.75, 3.05) is 29.9 Å². The number of halogens is 3. The molecule has 0 spiro atoms. The highest BCUT2D eigenvalue weighted by Crippen LogP contribution is 2.15. The average Bonchev–Trinajstić information content (AvgIpc) is 2.29. The van der Waals surface area contributed by atoms with E-state index in [-0.39, 0.29) is 6.54 Å². The molecule has 1 rings (SSSR count). The molecule has 0 bridgehead atoms. The van der Waals surface area contributed by atoms with E-state index in [9.17, 15) is 8.78 Å². The second kappa shape index (κ2) is 7.37. The first-order valence-corrected chi connectivity index (χ1v) is 6.33. The number of hydrogen-bond donors (Lipinski definition) is 0. The van der Waals surface area contributed by atoms with Gasteiger partial charge >= 0.3 is 0 Å². The van der Waals surface area contributed by atoms with Gasteiger partial charge in [0.2, 0.25) is 5.88 Å². The number of hydrogen-bond acceptors (Lipinski definition) is 4. The first kappa shape index (κ1) is 14.1. The summed E-state index contributed by atoms with van der Waals surface area (Å²) in [7, 11) is 0. The minimum absolute atomic E-state index is 0.346. The van der Waals surface area contributed by atoms with E-state index in [0.717, 1.165) is 0 Å². The highest BCUT2D eigenvalue weighted by molar-refractivity contribution is 9.09. The molecule has 4 nitrogen and oxygen atoms in total. The molecule has 0 atom stereocenters. The van der Waals surface area contributed by atoms with Crippen molar-refractivity contribution in [3.05, 3.63) is 12.4 Å². The van der Waals surface area contributed by atoms with E-state index in [2.05, 4.69) is 25.9 Å². The fraction of sp³-hybridized carbons (Fsp3) is 0.600. The number of alkyl halides is 3. The van der Waals surface area contributed by atoms with E-state index in [1.165, 1.54) is 17.3 Å². The Morgan fingerprint density at radius 3 is 2.82 bits per heavy atom. The number of rotatable bonds is 7. The molecule has 0 aliphatic heterocycles. The average molecular weight is 310 g/mol. The van der Waals surface area contributed by atoms with E-state index in [1.54, 1.807) is 0 Å². The Labute approximate surface area is 107 Å². The molecular weight excluding hydrogens is 296 g/mol. The van der Waals surface area contributed by atoms with Crippen molar-refractivity contribution in [3.63, 3.8) is 0 Å². The molecule has 0 saturated heterocycles. The summed E-state index contributed by atoms with van der Waals surface area (Å²) in [6.45, 7) is 2.36. The zero-order chi connectivity index (χ0) is 12.7. The maximum atomic E-state index is 12.4. The lowest BCUT2D eigenvalue weighted by Crippen LogP contribution is -2.31. The summed E-state index contributed by atoms with van der Waals surface area (Å²) in [6, 6.07) is 0. The number of nitrogens with zero attached hydrogens (tertiary/aromatic N) is 3. The second-order valence-corrected chi connectivity index (χ2v) is 3.97. The van der Waals surface area contributed by atoms with Gasteiger partial charge in [-0.3, -0.25) is 4.98 Å². The van der Waals surface area contributed by atoms with E-state index in [4.69, 9.17) is 4.74 Å². The van der Waals surface area contributed by atoms with Crippen LogP contribution in [0.3, 0.4) is 0 Å². The molecule has 0 saturated carbocycles. The minimum atomic E-state index is -2.41. The highest BCUT2D eigenvalue weighted by Gasteiger charge is 2.14. The molecule has 17 heavy (non-hydrogen) atoms. The Bertz CT molecular complexity index is 341. The van der Waals surface area contributed by atoms with Crippen molar-refractivity contribution in [1.82, 2.24) is 9.97 Å². The summed E-state index contributed by atoms with van der Waals surface area (Å²) in [5, 5.41) is 0.584. The van der Waals surface area contributed by atoms with Crippen LogP contribution in [0.2, 0.25) is 0 Å². The Morgan fingerprint density at radius 1 is 1.47 bits per heavy atom. The lowest BCUT2D eigenvalue weighted by molar-refractivity contribution is 0.155. The van der Waals surface area contributed by atoms with Crippen LogP contribution in [0.15, 0.2) is 12.4 Å². The van der Waals surface area contributed by atoms with Crippen LogP contribution in [0.5, 0.6) is 5.88 Å². The summed E-state index contributed by atoms with van der Waals surface area (Å²) >= 11 is 3.22. The van der Waals surface area contributed by atoms with Crippen LogP contribution < -0.4 is 9.64 Å². The minimum Gasteiger partial charge on any atom is -0.477 e. The summed E-state index contributed by atoms with van der Waals surface area (Å²) in [4.78, 5) is 9.51. The fourth-order valence-corrected chi connectivity index (χ4v) is 1.70. The van der Waals surface area contributed by atoms with Crippen molar-refractivity contribution in [2.45, 2.75) is 13.3 Å². The Morgan fingerprint density at radius 2 is 2.24 bits per heavy atom. The van der Waals surface area contributed by atoms with Gasteiger partial charge in [-0.15, -0.1) is 0 Å². The van der Waals surface area contributed by atoms with Crippen LogP contribution >= 0.6 is 15.9 Å². The third-order valence-corrected chi connectivity index (χ3v) is 2.28. The first-order valence-electron chi connectivity index (χ1n) is 5.21. The van der Waals surface area contributed by atoms with Gasteiger partial charge in [0.05, 0.1) is 25.5 Å². The molecule has 0 radical (unpaired) electrons. The smallest absolute Gasteiger partial charge is 0.255 e. The molecule has 1 aromatic heterocycles. The predicted octanol–water partition coefficient (Wildman–Crippen LogP) is 2.34. The lowest BCUT2D eigenvalue weighted by Gasteiger charge is -2.22. The summed E-state index contributed by atoms with van der Waals surface area (Å²) < 4.78 is 30.0. The molecule has 0 aliphatic rings. The lowest BCUT2D eigenvalue weighted by atomic mass is 10.4. The number of anilines is 1. The molecule has 0 aromatic carbocycles. The van der Waals surface area contributed by atoms with E-state index >= 15 is 0 Å². The number of aromatic nitrogens is 2. The molecule has 0 aliphatic carbocycles. The summed E-state index contributed by atoms with van der Waals surface area (Å²) in [6.07, 6.45) is 0.501. The van der Waals surface area contributed by atoms with Crippen molar-refractivity contribution in [1.29, 1.82) is 0 Å². The molecule has 0 fully saturated rings. The standard InChI is InChI=1S/C10H14BrF2N3O/c1-2-17-10-6-14-5-9(15-10)16(4-3-11)7-8(12)13/h5-6,8H,2-4,7H2,1H3. The largest absolute Gasteiger partial charge is 0.477 e. The first-order chi connectivity index (χ1) is 8.17. The summed E-state index contributed by atoms with van der Waals surface area (Å²) in [5.74, 6) is 0.745. The SMILES string of the molecule is CCOc1cncc(N(CCBr)CC(F)F)n1. The molecule has 0 unspecified atom stereocenters. The van der Waals surface area contributed by atoms with Gasteiger partial charge in [-0.1, -0.05) is 15.9 Å². The highest BCUT2D eigenvalue weighted by atomic mass is 79.9. The van der Waals surface area contributed by atoms with E-state index in [1.807, 2.05) is 6.92 Å². The van der Waals surface area contributed by atoms with Crippen LogP contribution in [0.1, 0.15) is 6.92 Å². The third-order valence-electron chi connectivity index (χ3n) is 1.93. The fourth-order valence-electron chi connectivity index (χ4n) is 1.28. The van der Waals surface area contributed by atoms with Crippen LogP contribution in [-0.4, -0.2) is 41.4 Å². The molecule has 7 heteroatoms. The zero-order valence-electron chi connectivity index (χ0n) is 9.44.